The Morgan fingerprint density at radius 1 is 1.25 bits per heavy atom. The van der Waals surface area contributed by atoms with E-state index in [1.807, 2.05) is 13.1 Å². The fraction of sp³-hybridized carbons (Fsp3) is 0.538. The molecular formula is C13H17ClFN. The molecule has 0 heterocycles. The molecule has 0 amide bonds. The van der Waals surface area contributed by atoms with Crippen molar-refractivity contribution in [3.8, 4) is 0 Å². The number of halogens is 2. The normalized spacial score (nSPS) is 19.7. The molecule has 0 saturated heterocycles. The average molecular weight is 242 g/mol. The van der Waals surface area contributed by atoms with Crippen molar-refractivity contribution in [3.05, 3.63) is 34.6 Å². The van der Waals surface area contributed by atoms with Gasteiger partial charge in [-0.1, -0.05) is 36.9 Å². The quantitative estimate of drug-likeness (QED) is 0.829. The van der Waals surface area contributed by atoms with Crippen LogP contribution in [0.5, 0.6) is 0 Å². The molecule has 0 aromatic heterocycles. The predicted molar refractivity (Wildman–Crippen MR) is 65.2 cm³/mol. The smallest absolute Gasteiger partial charge is 0.141 e. The first-order chi connectivity index (χ1) is 7.68. The molecule has 1 aromatic rings. The van der Waals surface area contributed by atoms with Crippen LogP contribution >= 0.6 is 11.6 Å². The van der Waals surface area contributed by atoms with Gasteiger partial charge < -0.3 is 5.32 Å². The molecule has 0 unspecified atom stereocenters. The van der Waals surface area contributed by atoms with Crippen LogP contribution in [0, 0.1) is 5.82 Å². The molecule has 0 radical (unpaired) electrons. The van der Waals surface area contributed by atoms with E-state index in [0.717, 1.165) is 18.4 Å². The first-order valence-electron chi connectivity index (χ1n) is 5.82. The monoisotopic (exact) mass is 241 g/mol. The summed E-state index contributed by atoms with van der Waals surface area (Å²) >= 11 is 5.85. The van der Waals surface area contributed by atoms with Gasteiger partial charge in [0.15, 0.2) is 0 Å². The molecule has 1 aromatic carbocycles. The van der Waals surface area contributed by atoms with Gasteiger partial charge in [-0.05, 0) is 37.6 Å². The zero-order chi connectivity index (χ0) is 11.6. The van der Waals surface area contributed by atoms with Crippen LogP contribution in [0.4, 0.5) is 4.39 Å². The summed E-state index contributed by atoms with van der Waals surface area (Å²) in [6.45, 7) is 0. The zero-order valence-corrected chi connectivity index (χ0v) is 10.3. The fourth-order valence-electron chi connectivity index (χ4n) is 2.63. The molecule has 0 bridgehead atoms. The number of benzene rings is 1. The van der Waals surface area contributed by atoms with Gasteiger partial charge in [0.05, 0.1) is 5.02 Å². The van der Waals surface area contributed by atoms with Crippen molar-refractivity contribution in [1.29, 1.82) is 0 Å². The van der Waals surface area contributed by atoms with Crippen molar-refractivity contribution in [3.63, 3.8) is 0 Å². The van der Waals surface area contributed by atoms with Gasteiger partial charge in [0, 0.05) is 5.54 Å². The summed E-state index contributed by atoms with van der Waals surface area (Å²) < 4.78 is 13.1. The van der Waals surface area contributed by atoms with E-state index in [1.165, 1.54) is 25.3 Å². The van der Waals surface area contributed by atoms with E-state index in [4.69, 9.17) is 11.6 Å². The van der Waals surface area contributed by atoms with E-state index < -0.39 is 0 Å². The van der Waals surface area contributed by atoms with Crippen LogP contribution in [-0.4, -0.2) is 7.05 Å². The Morgan fingerprint density at radius 2 is 1.94 bits per heavy atom. The molecule has 1 saturated carbocycles. The second-order valence-electron chi connectivity index (χ2n) is 4.52. The summed E-state index contributed by atoms with van der Waals surface area (Å²) in [6, 6.07) is 5.08. The van der Waals surface area contributed by atoms with Crippen molar-refractivity contribution in [1.82, 2.24) is 5.32 Å². The second-order valence-corrected chi connectivity index (χ2v) is 4.93. The maximum Gasteiger partial charge on any atom is 0.141 e. The van der Waals surface area contributed by atoms with Gasteiger partial charge in [-0.25, -0.2) is 4.39 Å². The number of hydrogen-bond acceptors (Lipinski definition) is 1. The molecule has 3 heteroatoms. The largest absolute Gasteiger partial charge is 0.310 e. The minimum absolute atomic E-state index is 0.00437. The van der Waals surface area contributed by atoms with Crippen molar-refractivity contribution < 1.29 is 4.39 Å². The van der Waals surface area contributed by atoms with E-state index >= 15 is 0 Å². The summed E-state index contributed by atoms with van der Waals surface area (Å²) in [5.74, 6) is -0.340. The van der Waals surface area contributed by atoms with Crippen LogP contribution in [0.25, 0.3) is 0 Å². The van der Waals surface area contributed by atoms with Gasteiger partial charge in [0.1, 0.15) is 5.82 Å². The molecule has 1 N–H and O–H groups in total. The molecule has 88 valence electrons. The Balaban J connectivity index is 2.35. The third-order valence-corrected chi connectivity index (χ3v) is 3.95. The Kier molecular flexibility index (Phi) is 3.50. The highest BCUT2D eigenvalue weighted by atomic mass is 35.5. The lowest BCUT2D eigenvalue weighted by atomic mass is 9.77. The molecule has 0 aliphatic heterocycles. The molecule has 1 nitrogen and oxygen atoms in total. The van der Waals surface area contributed by atoms with Crippen molar-refractivity contribution >= 4 is 11.6 Å². The Morgan fingerprint density at radius 3 is 2.50 bits per heavy atom. The van der Waals surface area contributed by atoms with E-state index in [9.17, 15) is 4.39 Å². The maximum atomic E-state index is 13.1. The molecule has 1 aliphatic rings. The molecule has 16 heavy (non-hydrogen) atoms. The fourth-order valence-corrected chi connectivity index (χ4v) is 2.81. The molecular weight excluding hydrogens is 225 g/mol. The van der Waals surface area contributed by atoms with Gasteiger partial charge in [-0.2, -0.15) is 0 Å². The first-order valence-corrected chi connectivity index (χ1v) is 6.20. The van der Waals surface area contributed by atoms with Gasteiger partial charge in [0.2, 0.25) is 0 Å². The summed E-state index contributed by atoms with van der Waals surface area (Å²) in [6.07, 6.45) is 5.93. The van der Waals surface area contributed by atoms with Crippen molar-refractivity contribution in [2.45, 2.75) is 37.6 Å². The van der Waals surface area contributed by atoms with Crippen LogP contribution in [0.15, 0.2) is 18.2 Å². The Bertz CT molecular complexity index is 372. The molecule has 2 rings (SSSR count). The predicted octanol–water partition coefficient (Wildman–Crippen LogP) is 3.86. The zero-order valence-electron chi connectivity index (χ0n) is 9.52. The molecule has 1 fully saturated rings. The summed E-state index contributed by atoms with van der Waals surface area (Å²) in [5, 5.41) is 3.62. The average Bonchev–Trinajstić information content (AvgIpc) is 2.33. The van der Waals surface area contributed by atoms with E-state index in [2.05, 4.69) is 5.32 Å². The summed E-state index contributed by atoms with van der Waals surface area (Å²) in [5.41, 5.74) is 1.11. The number of hydrogen-bond donors (Lipinski definition) is 1. The van der Waals surface area contributed by atoms with Crippen LogP contribution in [0.1, 0.15) is 37.7 Å². The minimum atomic E-state index is -0.340. The molecule has 0 spiro atoms. The number of nitrogens with one attached hydrogen (secondary N) is 1. The van der Waals surface area contributed by atoms with Gasteiger partial charge in [-0.3, -0.25) is 0 Å². The Labute approximate surface area is 101 Å². The Hall–Kier alpha value is -0.600. The second kappa shape index (κ2) is 4.72. The molecule has 0 atom stereocenters. The maximum absolute atomic E-state index is 13.1. The third-order valence-electron chi connectivity index (χ3n) is 3.66. The highest BCUT2D eigenvalue weighted by Crippen LogP contribution is 2.37. The third kappa shape index (κ3) is 2.09. The first kappa shape index (κ1) is 11.9. The lowest BCUT2D eigenvalue weighted by Gasteiger charge is -2.37. The standard InChI is InChI=1S/C13H17ClFN/c1-16-13(7-3-2-4-8-13)10-5-6-12(15)11(14)9-10/h5-6,9,16H,2-4,7-8H2,1H3. The minimum Gasteiger partial charge on any atom is -0.310 e. The molecule has 1 aliphatic carbocycles. The summed E-state index contributed by atoms with van der Waals surface area (Å²) in [7, 11) is 1.97. The van der Waals surface area contributed by atoms with E-state index in [1.54, 1.807) is 6.07 Å². The van der Waals surface area contributed by atoms with Gasteiger partial charge in [-0.15, -0.1) is 0 Å². The van der Waals surface area contributed by atoms with Crippen LogP contribution in [0.3, 0.4) is 0 Å². The lowest BCUT2D eigenvalue weighted by Crippen LogP contribution is -2.41. The van der Waals surface area contributed by atoms with Gasteiger partial charge in [0.25, 0.3) is 0 Å². The number of rotatable bonds is 2. The SMILES string of the molecule is CNC1(c2ccc(F)c(Cl)c2)CCCCC1. The van der Waals surface area contributed by atoms with Gasteiger partial charge >= 0.3 is 0 Å². The van der Waals surface area contributed by atoms with E-state index in [0.29, 0.717) is 0 Å². The van der Waals surface area contributed by atoms with Crippen LogP contribution < -0.4 is 5.32 Å². The summed E-state index contributed by atoms with van der Waals surface area (Å²) in [4.78, 5) is 0. The van der Waals surface area contributed by atoms with Crippen molar-refractivity contribution in [2.75, 3.05) is 7.05 Å². The van der Waals surface area contributed by atoms with Crippen LogP contribution in [-0.2, 0) is 5.54 Å². The topological polar surface area (TPSA) is 12.0 Å². The van der Waals surface area contributed by atoms with Crippen LogP contribution in [0.2, 0.25) is 5.02 Å². The highest BCUT2D eigenvalue weighted by Gasteiger charge is 2.32. The van der Waals surface area contributed by atoms with Crippen molar-refractivity contribution in [2.24, 2.45) is 0 Å². The lowest BCUT2D eigenvalue weighted by molar-refractivity contribution is 0.250. The van der Waals surface area contributed by atoms with E-state index in [-0.39, 0.29) is 16.4 Å². The highest BCUT2D eigenvalue weighted by molar-refractivity contribution is 6.30.